The van der Waals surface area contributed by atoms with E-state index < -0.39 is 24.4 Å². The Balaban J connectivity index is 1.31. The Morgan fingerprint density at radius 2 is 1.76 bits per heavy atom. The molecule has 4 fully saturated rings. The summed E-state index contributed by atoms with van der Waals surface area (Å²) < 4.78 is 88.2. The maximum Gasteiger partial charge on any atom is 0.422 e. The summed E-state index contributed by atoms with van der Waals surface area (Å²) in [5.41, 5.74) is 0.728. The van der Waals surface area contributed by atoms with Gasteiger partial charge < -0.3 is 28.9 Å². The predicted molar refractivity (Wildman–Crippen MR) is 181 cm³/mol. The van der Waals surface area contributed by atoms with Crippen molar-refractivity contribution in [2.24, 2.45) is 5.41 Å². The van der Waals surface area contributed by atoms with Gasteiger partial charge in [-0.25, -0.2) is 8.78 Å². The molecule has 14 heteroatoms. The Morgan fingerprint density at radius 3 is 2.39 bits per heavy atom. The van der Waals surface area contributed by atoms with Crippen LogP contribution in [0, 0.1) is 17.0 Å². The molecule has 0 radical (unpaired) electrons. The number of piperidine rings is 2. The molecule has 51 heavy (non-hydrogen) atoms. The van der Waals surface area contributed by atoms with E-state index in [1.165, 1.54) is 12.1 Å². The van der Waals surface area contributed by atoms with Crippen LogP contribution in [-0.2, 0) is 9.53 Å². The molecule has 4 heterocycles. The molecule has 0 atom stereocenters. The van der Waals surface area contributed by atoms with Crippen LogP contribution < -0.4 is 14.4 Å². The Morgan fingerprint density at radius 1 is 1.04 bits per heavy atom. The van der Waals surface area contributed by atoms with Crippen LogP contribution in [-0.4, -0.2) is 104 Å². The Kier molecular flexibility index (Phi) is 9.83. The Labute approximate surface area is 293 Å². The van der Waals surface area contributed by atoms with E-state index in [9.17, 15) is 22.4 Å². The molecule has 4 aliphatic rings. The third kappa shape index (κ3) is 7.62. The van der Waals surface area contributed by atoms with Crippen LogP contribution in [0.15, 0.2) is 36.9 Å². The van der Waals surface area contributed by atoms with Gasteiger partial charge in [0.05, 0.1) is 6.61 Å². The van der Waals surface area contributed by atoms with Gasteiger partial charge in [-0.05, 0) is 74.3 Å². The molecule has 3 aliphatic heterocycles. The summed E-state index contributed by atoms with van der Waals surface area (Å²) in [6.07, 6.45) is 0.843. The summed E-state index contributed by atoms with van der Waals surface area (Å²) in [7, 11) is 1.66. The molecular formula is C37H42F5N5O4. The highest BCUT2D eigenvalue weighted by atomic mass is 19.4. The van der Waals surface area contributed by atoms with E-state index >= 15 is 4.39 Å². The molecule has 1 aromatic heterocycles. The first-order valence-electron chi connectivity index (χ1n) is 17.5. The van der Waals surface area contributed by atoms with Crippen molar-refractivity contribution in [2.45, 2.75) is 56.7 Å². The third-order valence-electron chi connectivity index (χ3n) is 10.6. The zero-order valence-electron chi connectivity index (χ0n) is 28.6. The SMILES string of the molecule is C=CC(=O)N1CC2(CCN(c3nc(OC4CCN(CCOC)CC4)nc4c(OCC(F)(F)F)c(-c5ccc(F)cc5F)c(C5CC5)cc34)CC2)C1. The second-order valence-electron chi connectivity index (χ2n) is 14.2. The lowest BCUT2D eigenvalue weighted by Gasteiger charge is -2.54. The highest BCUT2D eigenvalue weighted by Gasteiger charge is 2.46. The van der Waals surface area contributed by atoms with Crippen molar-refractivity contribution in [2.75, 3.05) is 71.0 Å². The summed E-state index contributed by atoms with van der Waals surface area (Å²) in [4.78, 5) is 27.9. The fraction of sp³-hybridized carbons (Fsp3) is 0.541. The molecule has 0 N–H and O–H groups in total. The first kappa shape index (κ1) is 35.4. The lowest BCUT2D eigenvalue weighted by molar-refractivity contribution is -0.153. The van der Waals surface area contributed by atoms with Crippen LogP contribution in [0.2, 0.25) is 0 Å². The number of carbonyl (C=O) groups excluding carboxylic acids is 1. The van der Waals surface area contributed by atoms with E-state index in [1.54, 1.807) is 12.0 Å². The van der Waals surface area contributed by atoms with Crippen LogP contribution in [0.3, 0.4) is 0 Å². The minimum Gasteiger partial charge on any atom is -0.481 e. The van der Waals surface area contributed by atoms with Crippen LogP contribution in [0.25, 0.3) is 22.0 Å². The first-order chi connectivity index (χ1) is 24.5. The number of alkyl halides is 3. The van der Waals surface area contributed by atoms with Crippen LogP contribution in [0.5, 0.6) is 11.8 Å². The number of aromatic nitrogens is 2. The topological polar surface area (TPSA) is 80.3 Å². The van der Waals surface area contributed by atoms with E-state index in [0.717, 1.165) is 57.5 Å². The molecular weight excluding hydrogens is 673 g/mol. The van der Waals surface area contributed by atoms with Gasteiger partial charge in [0.15, 0.2) is 12.4 Å². The fourth-order valence-corrected chi connectivity index (χ4v) is 7.67. The van der Waals surface area contributed by atoms with Crippen molar-refractivity contribution in [3.63, 3.8) is 0 Å². The molecule has 2 aromatic carbocycles. The molecule has 1 aliphatic carbocycles. The van der Waals surface area contributed by atoms with E-state index in [0.29, 0.717) is 62.4 Å². The molecule has 274 valence electrons. The lowest BCUT2D eigenvalue weighted by atomic mass is 9.72. The largest absolute Gasteiger partial charge is 0.481 e. The predicted octanol–water partition coefficient (Wildman–Crippen LogP) is 6.50. The summed E-state index contributed by atoms with van der Waals surface area (Å²) in [5.74, 6) is -1.59. The number of halogens is 5. The normalized spacial score (nSPS) is 19.7. The summed E-state index contributed by atoms with van der Waals surface area (Å²) >= 11 is 0. The van der Waals surface area contributed by atoms with Crippen molar-refractivity contribution in [1.82, 2.24) is 19.8 Å². The van der Waals surface area contributed by atoms with Crippen molar-refractivity contribution in [3.05, 3.63) is 54.1 Å². The monoisotopic (exact) mass is 715 g/mol. The number of hydrogen-bond donors (Lipinski definition) is 0. The molecule has 3 aromatic rings. The number of likely N-dealkylation sites (tertiary alicyclic amines) is 2. The van der Waals surface area contributed by atoms with E-state index in [4.69, 9.17) is 24.2 Å². The molecule has 7 rings (SSSR count). The van der Waals surface area contributed by atoms with Gasteiger partial charge in [0.25, 0.3) is 0 Å². The van der Waals surface area contributed by atoms with Crippen LogP contribution in [0.1, 0.15) is 50.0 Å². The number of rotatable bonds is 11. The van der Waals surface area contributed by atoms with Gasteiger partial charge in [-0.2, -0.15) is 23.1 Å². The Hall–Kier alpha value is -4.04. The molecule has 3 saturated heterocycles. The van der Waals surface area contributed by atoms with Gasteiger partial charge in [-0.1, -0.05) is 6.58 Å². The maximum atomic E-state index is 15.5. The van der Waals surface area contributed by atoms with Gasteiger partial charge in [0.2, 0.25) is 5.91 Å². The van der Waals surface area contributed by atoms with Crippen LogP contribution >= 0.6 is 0 Å². The number of methoxy groups -OCH3 is 1. The van der Waals surface area contributed by atoms with Gasteiger partial charge in [-0.15, -0.1) is 0 Å². The number of carbonyl (C=O) groups is 1. The van der Waals surface area contributed by atoms with Crippen molar-refractivity contribution in [1.29, 1.82) is 0 Å². The zero-order chi connectivity index (χ0) is 35.9. The summed E-state index contributed by atoms with van der Waals surface area (Å²) in [6, 6.07) is 4.88. The number of hydrogen-bond acceptors (Lipinski definition) is 8. The van der Waals surface area contributed by atoms with E-state index in [2.05, 4.69) is 16.4 Å². The zero-order valence-corrected chi connectivity index (χ0v) is 28.6. The summed E-state index contributed by atoms with van der Waals surface area (Å²) in [5, 5.41) is 0.482. The molecule has 0 unspecified atom stereocenters. The lowest BCUT2D eigenvalue weighted by Crippen LogP contribution is -2.61. The van der Waals surface area contributed by atoms with Crippen molar-refractivity contribution in [3.8, 4) is 22.9 Å². The summed E-state index contributed by atoms with van der Waals surface area (Å²) in [6.45, 7) is 7.37. The number of fused-ring (bicyclic) bond motifs is 1. The standard InChI is InChI=1S/C37H42F5N5O4/c1-3-30(48)47-20-36(21-47)10-14-46(15-11-36)34-28-19-27(23-4-5-23)31(26-7-6-24(38)18-29(26)39)33(50-22-37(40,41)42)32(28)43-35(44-34)51-25-8-12-45(13-9-25)16-17-49-2/h3,6-7,18-19,23,25H,1,4-5,8-17,20-22H2,2H3. The first-order valence-corrected chi connectivity index (χ1v) is 17.5. The number of nitrogens with zero attached hydrogens (tertiary/aromatic N) is 5. The second kappa shape index (κ2) is 14.2. The number of benzene rings is 2. The average Bonchev–Trinajstić information content (AvgIpc) is 3.94. The number of ether oxygens (including phenoxy) is 3. The smallest absolute Gasteiger partial charge is 0.422 e. The highest BCUT2D eigenvalue weighted by molar-refractivity contribution is 6.00. The molecule has 9 nitrogen and oxygen atoms in total. The Bertz CT molecular complexity index is 1780. The number of amides is 1. The number of anilines is 1. The molecule has 1 spiro atoms. The maximum absolute atomic E-state index is 15.5. The average molecular weight is 716 g/mol. The molecule has 1 amide bonds. The van der Waals surface area contributed by atoms with Gasteiger partial charge >= 0.3 is 12.2 Å². The minimum atomic E-state index is -4.70. The second-order valence-corrected chi connectivity index (χ2v) is 14.2. The van der Waals surface area contributed by atoms with Gasteiger partial charge in [-0.3, -0.25) is 4.79 Å². The minimum absolute atomic E-state index is 0.00101. The van der Waals surface area contributed by atoms with E-state index in [1.807, 2.05) is 6.07 Å². The molecule has 0 bridgehead atoms. The van der Waals surface area contributed by atoms with Crippen molar-refractivity contribution >= 4 is 22.6 Å². The molecule has 1 saturated carbocycles. The van der Waals surface area contributed by atoms with E-state index in [-0.39, 0.29) is 51.7 Å². The highest BCUT2D eigenvalue weighted by Crippen LogP contribution is 2.52. The van der Waals surface area contributed by atoms with Crippen LogP contribution in [0.4, 0.5) is 27.8 Å². The fourth-order valence-electron chi connectivity index (χ4n) is 7.67. The van der Waals surface area contributed by atoms with Gasteiger partial charge in [0.1, 0.15) is 29.1 Å². The van der Waals surface area contributed by atoms with Gasteiger partial charge in [0, 0.05) is 80.9 Å². The van der Waals surface area contributed by atoms with Crippen molar-refractivity contribution < 1.29 is 41.0 Å². The third-order valence-corrected chi connectivity index (χ3v) is 10.6. The quantitative estimate of drug-likeness (QED) is 0.165.